The van der Waals surface area contributed by atoms with Crippen LogP contribution in [0.1, 0.15) is 39.5 Å². The highest BCUT2D eigenvalue weighted by molar-refractivity contribution is 4.73. The SMILES string of the molecule is CCCN(CC)CCNC1CCCN(C)CC1. The van der Waals surface area contributed by atoms with Crippen LogP contribution in [0.15, 0.2) is 0 Å². The van der Waals surface area contributed by atoms with Crippen molar-refractivity contribution in [3.8, 4) is 0 Å². The summed E-state index contributed by atoms with van der Waals surface area (Å²) < 4.78 is 0. The molecule has 0 saturated carbocycles. The molecular weight excluding hydrogens is 210 g/mol. The molecule has 0 bridgehead atoms. The van der Waals surface area contributed by atoms with Crippen molar-refractivity contribution in [2.24, 2.45) is 0 Å². The normalized spacial score (nSPS) is 22.9. The van der Waals surface area contributed by atoms with Gasteiger partial charge in [-0.25, -0.2) is 0 Å². The van der Waals surface area contributed by atoms with Crippen molar-refractivity contribution in [1.29, 1.82) is 0 Å². The van der Waals surface area contributed by atoms with Gasteiger partial charge in [-0.2, -0.15) is 0 Å². The third kappa shape index (κ3) is 6.39. The Bertz CT molecular complexity index is 184. The van der Waals surface area contributed by atoms with Crippen molar-refractivity contribution in [3.05, 3.63) is 0 Å². The van der Waals surface area contributed by atoms with Gasteiger partial charge in [0.25, 0.3) is 0 Å². The zero-order valence-corrected chi connectivity index (χ0v) is 12.0. The Morgan fingerprint density at radius 3 is 2.71 bits per heavy atom. The van der Waals surface area contributed by atoms with Crippen LogP contribution in [0.25, 0.3) is 0 Å². The van der Waals surface area contributed by atoms with Crippen LogP contribution in [-0.2, 0) is 0 Å². The average Bonchev–Trinajstić information content (AvgIpc) is 2.53. The first-order valence-corrected chi connectivity index (χ1v) is 7.40. The Morgan fingerprint density at radius 1 is 1.18 bits per heavy atom. The molecule has 1 aliphatic heterocycles. The van der Waals surface area contributed by atoms with Gasteiger partial charge in [-0.05, 0) is 58.9 Å². The maximum Gasteiger partial charge on any atom is 0.0107 e. The number of hydrogen-bond acceptors (Lipinski definition) is 3. The van der Waals surface area contributed by atoms with E-state index in [1.807, 2.05) is 0 Å². The molecule has 1 heterocycles. The van der Waals surface area contributed by atoms with Crippen LogP contribution in [0.5, 0.6) is 0 Å². The molecule has 0 aromatic heterocycles. The molecular formula is C14H31N3. The molecule has 1 fully saturated rings. The van der Waals surface area contributed by atoms with Crippen LogP contribution in [-0.4, -0.2) is 62.2 Å². The van der Waals surface area contributed by atoms with Gasteiger partial charge in [-0.1, -0.05) is 13.8 Å². The molecule has 0 aliphatic carbocycles. The topological polar surface area (TPSA) is 18.5 Å². The zero-order chi connectivity index (χ0) is 12.5. The number of nitrogens with zero attached hydrogens (tertiary/aromatic N) is 2. The molecule has 1 unspecified atom stereocenters. The standard InChI is InChI=1S/C14H31N3/c1-4-10-17(5-2)13-9-15-14-7-6-11-16(3)12-8-14/h14-15H,4-13H2,1-3H3. The first-order valence-electron chi connectivity index (χ1n) is 7.40. The fourth-order valence-corrected chi connectivity index (χ4v) is 2.62. The number of rotatable bonds is 7. The van der Waals surface area contributed by atoms with Crippen LogP contribution in [0, 0.1) is 0 Å². The van der Waals surface area contributed by atoms with Gasteiger partial charge in [0, 0.05) is 19.1 Å². The van der Waals surface area contributed by atoms with Gasteiger partial charge in [0.2, 0.25) is 0 Å². The van der Waals surface area contributed by atoms with Crippen molar-refractivity contribution in [3.63, 3.8) is 0 Å². The monoisotopic (exact) mass is 241 g/mol. The van der Waals surface area contributed by atoms with Crippen LogP contribution in [0.4, 0.5) is 0 Å². The van der Waals surface area contributed by atoms with Gasteiger partial charge < -0.3 is 15.1 Å². The van der Waals surface area contributed by atoms with E-state index < -0.39 is 0 Å². The average molecular weight is 241 g/mol. The van der Waals surface area contributed by atoms with Crippen molar-refractivity contribution in [2.75, 3.05) is 46.3 Å². The summed E-state index contributed by atoms with van der Waals surface area (Å²) in [6.45, 7) is 11.8. The van der Waals surface area contributed by atoms with Crippen molar-refractivity contribution < 1.29 is 0 Å². The maximum absolute atomic E-state index is 3.74. The van der Waals surface area contributed by atoms with E-state index in [4.69, 9.17) is 0 Å². The van der Waals surface area contributed by atoms with E-state index in [1.54, 1.807) is 0 Å². The molecule has 1 rings (SSSR count). The number of hydrogen-bond donors (Lipinski definition) is 1. The lowest BCUT2D eigenvalue weighted by molar-refractivity contribution is 0.279. The second kappa shape index (κ2) is 8.90. The summed E-state index contributed by atoms with van der Waals surface area (Å²) in [6.07, 6.45) is 5.28. The van der Waals surface area contributed by atoms with Crippen LogP contribution < -0.4 is 5.32 Å². The lowest BCUT2D eigenvalue weighted by Gasteiger charge is -2.22. The van der Waals surface area contributed by atoms with E-state index in [1.165, 1.54) is 58.4 Å². The summed E-state index contributed by atoms with van der Waals surface area (Å²) in [5.41, 5.74) is 0. The molecule has 0 amide bonds. The summed E-state index contributed by atoms with van der Waals surface area (Å²) in [4.78, 5) is 4.99. The third-order valence-electron chi connectivity index (χ3n) is 3.80. The molecule has 0 aromatic rings. The van der Waals surface area contributed by atoms with Gasteiger partial charge in [-0.15, -0.1) is 0 Å². The smallest absolute Gasteiger partial charge is 0.0107 e. The fraction of sp³-hybridized carbons (Fsp3) is 1.00. The predicted molar refractivity (Wildman–Crippen MR) is 75.5 cm³/mol. The lowest BCUT2D eigenvalue weighted by atomic mass is 10.1. The van der Waals surface area contributed by atoms with Crippen molar-refractivity contribution >= 4 is 0 Å². The molecule has 0 spiro atoms. The first-order chi connectivity index (χ1) is 8.26. The minimum Gasteiger partial charge on any atom is -0.313 e. The van der Waals surface area contributed by atoms with E-state index in [2.05, 4.69) is 36.0 Å². The van der Waals surface area contributed by atoms with E-state index in [0.29, 0.717) is 0 Å². The van der Waals surface area contributed by atoms with E-state index in [0.717, 1.165) is 12.6 Å². The number of likely N-dealkylation sites (tertiary alicyclic amines) is 1. The number of likely N-dealkylation sites (N-methyl/N-ethyl adjacent to an activating group) is 1. The summed E-state index contributed by atoms with van der Waals surface area (Å²) in [6, 6.07) is 0.750. The number of nitrogens with one attached hydrogen (secondary N) is 1. The summed E-state index contributed by atoms with van der Waals surface area (Å²) in [5, 5.41) is 3.74. The minimum atomic E-state index is 0.750. The third-order valence-corrected chi connectivity index (χ3v) is 3.80. The van der Waals surface area contributed by atoms with E-state index in [-0.39, 0.29) is 0 Å². The highest BCUT2D eigenvalue weighted by Gasteiger charge is 2.13. The van der Waals surface area contributed by atoms with Gasteiger partial charge in [0.15, 0.2) is 0 Å². The quantitative estimate of drug-likeness (QED) is 0.733. The minimum absolute atomic E-state index is 0.750. The van der Waals surface area contributed by atoms with Gasteiger partial charge in [-0.3, -0.25) is 0 Å². The molecule has 1 N–H and O–H groups in total. The summed E-state index contributed by atoms with van der Waals surface area (Å²) in [5.74, 6) is 0. The molecule has 1 aliphatic rings. The van der Waals surface area contributed by atoms with Crippen molar-refractivity contribution in [2.45, 2.75) is 45.6 Å². The highest BCUT2D eigenvalue weighted by Crippen LogP contribution is 2.09. The zero-order valence-electron chi connectivity index (χ0n) is 12.0. The molecule has 17 heavy (non-hydrogen) atoms. The Labute approximate surface area is 108 Å². The predicted octanol–water partition coefficient (Wildman–Crippen LogP) is 1.79. The summed E-state index contributed by atoms with van der Waals surface area (Å²) >= 11 is 0. The van der Waals surface area contributed by atoms with Gasteiger partial charge in [0.1, 0.15) is 0 Å². The Balaban J connectivity index is 2.12. The largest absolute Gasteiger partial charge is 0.313 e. The Kier molecular flexibility index (Phi) is 7.82. The summed E-state index contributed by atoms with van der Waals surface area (Å²) in [7, 11) is 2.24. The fourth-order valence-electron chi connectivity index (χ4n) is 2.62. The van der Waals surface area contributed by atoms with Crippen LogP contribution in [0.2, 0.25) is 0 Å². The maximum atomic E-state index is 3.74. The lowest BCUT2D eigenvalue weighted by Crippen LogP contribution is -2.37. The molecule has 0 aromatic carbocycles. The second-order valence-electron chi connectivity index (χ2n) is 5.32. The van der Waals surface area contributed by atoms with Crippen LogP contribution in [0.3, 0.4) is 0 Å². The highest BCUT2D eigenvalue weighted by atomic mass is 15.1. The molecule has 1 atom stereocenters. The molecule has 3 heteroatoms. The molecule has 0 radical (unpaired) electrons. The van der Waals surface area contributed by atoms with Crippen molar-refractivity contribution in [1.82, 2.24) is 15.1 Å². The van der Waals surface area contributed by atoms with E-state index in [9.17, 15) is 0 Å². The Morgan fingerprint density at radius 2 is 2.00 bits per heavy atom. The molecule has 1 saturated heterocycles. The second-order valence-corrected chi connectivity index (χ2v) is 5.32. The van der Waals surface area contributed by atoms with Gasteiger partial charge >= 0.3 is 0 Å². The van der Waals surface area contributed by atoms with Gasteiger partial charge in [0.05, 0.1) is 0 Å². The van der Waals surface area contributed by atoms with Crippen LogP contribution >= 0.6 is 0 Å². The first kappa shape index (κ1) is 14.9. The molecule has 102 valence electrons. The molecule has 3 nitrogen and oxygen atoms in total. The Hall–Kier alpha value is -0.120. The van der Waals surface area contributed by atoms with E-state index >= 15 is 0 Å².